The molecule has 5 nitrogen and oxygen atoms in total. The Hall–Kier alpha value is -8.15. The van der Waals surface area contributed by atoms with Crippen LogP contribution < -0.4 is 0 Å². The molecule has 3 heterocycles. The fourth-order valence-corrected chi connectivity index (χ4v) is 8.92. The fraction of sp³-hybridized carbons (Fsp3) is 0. The van der Waals surface area contributed by atoms with Crippen molar-refractivity contribution >= 4 is 54.5 Å². The van der Waals surface area contributed by atoms with Gasteiger partial charge in [-0.05, 0) is 58.0 Å². The average molecular weight is 767 g/mol. The maximum atomic E-state index is 6.91. The van der Waals surface area contributed by atoms with E-state index in [0.29, 0.717) is 17.5 Å². The van der Waals surface area contributed by atoms with Gasteiger partial charge < -0.3 is 8.98 Å². The second-order valence-corrected chi connectivity index (χ2v) is 15.1. The molecule has 0 saturated heterocycles. The molecular formula is C55H34N4O. The molecule has 12 aromatic rings. The van der Waals surface area contributed by atoms with E-state index >= 15 is 0 Å². The molecule has 0 amide bonds. The van der Waals surface area contributed by atoms with E-state index in [9.17, 15) is 0 Å². The van der Waals surface area contributed by atoms with Gasteiger partial charge in [-0.2, -0.15) is 0 Å². The molecule has 0 radical (unpaired) electrons. The van der Waals surface area contributed by atoms with Gasteiger partial charge in [-0.15, -0.1) is 0 Å². The second-order valence-electron chi connectivity index (χ2n) is 15.1. The highest BCUT2D eigenvalue weighted by molar-refractivity contribution is 6.24. The van der Waals surface area contributed by atoms with Crippen molar-refractivity contribution in [2.24, 2.45) is 0 Å². The number of rotatable bonds is 6. The van der Waals surface area contributed by atoms with E-state index in [4.69, 9.17) is 19.4 Å². The number of furan rings is 1. The smallest absolute Gasteiger partial charge is 0.167 e. The highest BCUT2D eigenvalue weighted by Crippen LogP contribution is 2.46. The lowest BCUT2D eigenvalue weighted by Gasteiger charge is -2.14. The van der Waals surface area contributed by atoms with Gasteiger partial charge >= 0.3 is 0 Å². The Morgan fingerprint density at radius 3 is 1.72 bits per heavy atom. The Morgan fingerprint density at radius 1 is 0.367 bits per heavy atom. The third-order valence-corrected chi connectivity index (χ3v) is 11.6. The minimum absolute atomic E-state index is 0.548. The van der Waals surface area contributed by atoms with Crippen LogP contribution in [0.5, 0.6) is 0 Å². The molecule has 0 bridgehead atoms. The Morgan fingerprint density at radius 2 is 0.967 bits per heavy atom. The molecular weight excluding hydrogens is 733 g/mol. The van der Waals surface area contributed by atoms with Crippen molar-refractivity contribution in [1.82, 2.24) is 19.5 Å². The molecule has 3 aromatic heterocycles. The highest BCUT2D eigenvalue weighted by atomic mass is 16.3. The summed E-state index contributed by atoms with van der Waals surface area (Å²) in [7, 11) is 0. The summed E-state index contributed by atoms with van der Waals surface area (Å²) in [4.78, 5) is 15.3. The van der Waals surface area contributed by atoms with Crippen LogP contribution in [-0.2, 0) is 0 Å². The molecule has 0 aliphatic rings. The fourth-order valence-electron chi connectivity index (χ4n) is 8.92. The van der Waals surface area contributed by atoms with Gasteiger partial charge in [-0.25, -0.2) is 15.0 Å². The van der Waals surface area contributed by atoms with E-state index in [1.807, 2.05) is 72.8 Å². The van der Waals surface area contributed by atoms with Gasteiger partial charge in [0.1, 0.15) is 11.2 Å². The molecule has 280 valence electrons. The Balaban J connectivity index is 1.16. The monoisotopic (exact) mass is 766 g/mol. The average Bonchev–Trinajstić information content (AvgIpc) is 3.89. The number of hydrogen-bond donors (Lipinski definition) is 0. The topological polar surface area (TPSA) is 56.7 Å². The van der Waals surface area contributed by atoms with Crippen molar-refractivity contribution in [3.63, 3.8) is 0 Å². The summed E-state index contributed by atoms with van der Waals surface area (Å²) in [6.07, 6.45) is 0. The summed E-state index contributed by atoms with van der Waals surface area (Å²) in [5.74, 6) is 1.75. The van der Waals surface area contributed by atoms with Gasteiger partial charge in [0.15, 0.2) is 17.5 Å². The lowest BCUT2D eigenvalue weighted by Crippen LogP contribution is -2.01. The summed E-state index contributed by atoms with van der Waals surface area (Å²) in [6, 6.07) is 72.2. The standard InChI is InChI=1S/C55H34N4O/c1-4-16-35(17-5-1)39-23-14-24-40(34-39)41-27-15-28-46-49(41)44-31-30-36-18-10-11-25-42(36)51(44)59(46)47-33-32-45(52-50(47)43-26-12-13-29-48(43)60-52)55-57-53(37-19-6-2-7-20-37)56-54(58-55)38-21-8-3-9-22-38/h1-34H. The van der Waals surface area contributed by atoms with E-state index in [1.54, 1.807) is 0 Å². The third-order valence-electron chi connectivity index (χ3n) is 11.6. The molecule has 0 atom stereocenters. The SMILES string of the molecule is c1ccc(-c2cccc(-c3cccc4c3c3ccc5ccccc5c3n4-c3ccc(-c4nc(-c5ccccc5)nc(-c5ccccc5)n4)c4oc5ccccc5c34)c2)cc1. The summed E-state index contributed by atoms with van der Waals surface area (Å²) in [5.41, 5.74) is 12.2. The number of fused-ring (bicyclic) bond motifs is 8. The minimum Gasteiger partial charge on any atom is -0.455 e. The Kier molecular flexibility index (Phi) is 7.78. The normalized spacial score (nSPS) is 11.7. The van der Waals surface area contributed by atoms with Crippen LogP contribution in [0.2, 0.25) is 0 Å². The predicted molar refractivity (Wildman–Crippen MR) is 246 cm³/mol. The molecule has 60 heavy (non-hydrogen) atoms. The van der Waals surface area contributed by atoms with Crippen LogP contribution in [0.15, 0.2) is 211 Å². The van der Waals surface area contributed by atoms with Gasteiger partial charge in [0.05, 0.1) is 27.7 Å². The first-order chi connectivity index (χ1) is 29.8. The van der Waals surface area contributed by atoms with Crippen LogP contribution >= 0.6 is 0 Å². The van der Waals surface area contributed by atoms with Gasteiger partial charge in [-0.3, -0.25) is 0 Å². The van der Waals surface area contributed by atoms with E-state index in [-0.39, 0.29) is 0 Å². The van der Waals surface area contributed by atoms with Crippen molar-refractivity contribution in [2.75, 3.05) is 0 Å². The van der Waals surface area contributed by atoms with Crippen molar-refractivity contribution in [1.29, 1.82) is 0 Å². The lowest BCUT2D eigenvalue weighted by molar-refractivity contribution is 0.669. The quantitative estimate of drug-likeness (QED) is 0.169. The zero-order valence-corrected chi connectivity index (χ0v) is 32.3. The molecule has 0 N–H and O–H groups in total. The summed E-state index contributed by atoms with van der Waals surface area (Å²) >= 11 is 0. The first-order valence-electron chi connectivity index (χ1n) is 20.2. The van der Waals surface area contributed by atoms with Crippen molar-refractivity contribution in [3.8, 4) is 62.1 Å². The van der Waals surface area contributed by atoms with Crippen LogP contribution in [0.25, 0.3) is 117 Å². The summed E-state index contributed by atoms with van der Waals surface area (Å²) in [5, 5.41) is 6.76. The van der Waals surface area contributed by atoms with Crippen molar-refractivity contribution in [3.05, 3.63) is 206 Å². The molecule has 0 aliphatic carbocycles. The minimum atomic E-state index is 0.548. The predicted octanol–water partition coefficient (Wildman–Crippen LogP) is 14.4. The largest absolute Gasteiger partial charge is 0.455 e. The van der Waals surface area contributed by atoms with E-state index in [0.717, 1.165) is 55.3 Å². The van der Waals surface area contributed by atoms with E-state index in [2.05, 4.69) is 138 Å². The number of benzene rings is 9. The summed E-state index contributed by atoms with van der Waals surface area (Å²) < 4.78 is 9.36. The van der Waals surface area contributed by atoms with Crippen LogP contribution in [0.4, 0.5) is 0 Å². The molecule has 0 spiro atoms. The van der Waals surface area contributed by atoms with E-state index < -0.39 is 0 Å². The van der Waals surface area contributed by atoms with Crippen molar-refractivity contribution in [2.45, 2.75) is 0 Å². The lowest BCUT2D eigenvalue weighted by atomic mass is 9.95. The zero-order valence-electron chi connectivity index (χ0n) is 32.3. The Labute approximate surface area is 345 Å². The number of hydrogen-bond acceptors (Lipinski definition) is 4. The van der Waals surface area contributed by atoms with Crippen LogP contribution in [-0.4, -0.2) is 19.5 Å². The van der Waals surface area contributed by atoms with Gasteiger partial charge in [0, 0.05) is 32.7 Å². The third kappa shape index (κ3) is 5.44. The second kappa shape index (κ2) is 13.8. The molecule has 0 unspecified atom stereocenters. The van der Waals surface area contributed by atoms with Crippen molar-refractivity contribution < 1.29 is 4.42 Å². The van der Waals surface area contributed by atoms with Gasteiger partial charge in [0.2, 0.25) is 0 Å². The first kappa shape index (κ1) is 33.9. The summed E-state index contributed by atoms with van der Waals surface area (Å²) in [6.45, 7) is 0. The molecule has 0 fully saturated rings. The number of aromatic nitrogens is 4. The molecule has 9 aromatic carbocycles. The molecule has 0 aliphatic heterocycles. The molecule has 0 saturated carbocycles. The van der Waals surface area contributed by atoms with E-state index in [1.165, 1.54) is 43.8 Å². The van der Waals surface area contributed by atoms with Crippen LogP contribution in [0.1, 0.15) is 0 Å². The number of nitrogens with zero attached hydrogens (tertiary/aromatic N) is 4. The van der Waals surface area contributed by atoms with Gasteiger partial charge in [0.25, 0.3) is 0 Å². The maximum absolute atomic E-state index is 6.91. The number of para-hydroxylation sites is 1. The highest BCUT2D eigenvalue weighted by Gasteiger charge is 2.24. The van der Waals surface area contributed by atoms with Crippen LogP contribution in [0.3, 0.4) is 0 Å². The maximum Gasteiger partial charge on any atom is 0.167 e. The molecule has 12 rings (SSSR count). The molecule has 5 heteroatoms. The van der Waals surface area contributed by atoms with Crippen LogP contribution in [0, 0.1) is 0 Å². The Bertz CT molecular complexity index is 3530. The first-order valence-corrected chi connectivity index (χ1v) is 20.2. The zero-order chi connectivity index (χ0) is 39.6. The van der Waals surface area contributed by atoms with Gasteiger partial charge in [-0.1, -0.05) is 176 Å².